The maximum Gasteiger partial charge on any atom is 0.235 e. The summed E-state index contributed by atoms with van der Waals surface area (Å²) in [4.78, 5) is 8.31. The van der Waals surface area contributed by atoms with Gasteiger partial charge in [0.2, 0.25) is 5.88 Å². The Hall–Kier alpha value is -1.16. The second-order valence-electron chi connectivity index (χ2n) is 4.58. The van der Waals surface area contributed by atoms with Gasteiger partial charge in [-0.2, -0.15) is 0 Å². The number of aryl methyl sites for hydroxylation is 1. The maximum absolute atomic E-state index is 5.63. The third kappa shape index (κ3) is 3.97. The minimum atomic E-state index is 0.670. The fraction of sp³-hybridized carbons (Fsp3) is 0.692. The molecule has 1 unspecified atom stereocenters. The molecule has 1 fully saturated rings. The molecule has 0 spiro atoms. The van der Waals surface area contributed by atoms with Gasteiger partial charge in [0.05, 0.1) is 12.3 Å². The lowest BCUT2D eigenvalue weighted by Gasteiger charge is -2.23. The van der Waals surface area contributed by atoms with E-state index in [-0.39, 0.29) is 0 Å². The Kier molecular flexibility index (Phi) is 4.74. The van der Waals surface area contributed by atoms with Gasteiger partial charge in [0.1, 0.15) is 0 Å². The van der Waals surface area contributed by atoms with E-state index >= 15 is 0 Å². The summed E-state index contributed by atoms with van der Waals surface area (Å²) in [7, 11) is 0. The molecule has 1 N–H and O–H groups in total. The second-order valence-corrected chi connectivity index (χ2v) is 4.58. The van der Waals surface area contributed by atoms with E-state index in [1.807, 2.05) is 6.92 Å². The van der Waals surface area contributed by atoms with E-state index in [1.165, 1.54) is 32.2 Å². The number of nitrogens with zero attached hydrogens (tertiary/aromatic N) is 2. The number of hydrogen-bond acceptors (Lipinski definition) is 4. The van der Waals surface area contributed by atoms with Gasteiger partial charge >= 0.3 is 0 Å². The van der Waals surface area contributed by atoms with E-state index in [9.17, 15) is 0 Å². The van der Waals surface area contributed by atoms with Crippen molar-refractivity contribution >= 4 is 0 Å². The molecule has 0 amide bonds. The van der Waals surface area contributed by atoms with Crippen molar-refractivity contribution in [1.29, 1.82) is 0 Å². The fourth-order valence-electron chi connectivity index (χ4n) is 2.21. The first-order valence-electron chi connectivity index (χ1n) is 6.50. The highest BCUT2D eigenvalue weighted by atomic mass is 16.5. The Morgan fingerprint density at radius 3 is 3.00 bits per heavy atom. The first-order valence-corrected chi connectivity index (χ1v) is 6.50. The normalized spacial score (nSPS) is 20.2. The van der Waals surface area contributed by atoms with E-state index in [0.717, 1.165) is 18.7 Å². The van der Waals surface area contributed by atoms with Crippen molar-refractivity contribution in [2.75, 3.05) is 13.2 Å². The molecule has 94 valence electrons. The lowest BCUT2D eigenvalue weighted by Crippen LogP contribution is -2.34. The summed E-state index contributed by atoms with van der Waals surface area (Å²) in [6.45, 7) is 3.83. The Labute approximate surface area is 103 Å². The molecule has 17 heavy (non-hydrogen) atoms. The molecule has 4 heteroatoms. The number of rotatable bonds is 5. The van der Waals surface area contributed by atoms with Gasteiger partial charge in [0.15, 0.2) is 0 Å². The standard InChI is InChI=1S/C13H21N3O/c1-11-13(16-9-8-14-11)17-10-4-6-12-5-2-3-7-15-12/h8-9,12,15H,2-7,10H2,1H3. The predicted octanol–water partition coefficient (Wildman–Crippen LogP) is 2.09. The zero-order chi connectivity index (χ0) is 11.9. The average Bonchev–Trinajstić information content (AvgIpc) is 2.38. The third-order valence-electron chi connectivity index (χ3n) is 3.18. The summed E-state index contributed by atoms with van der Waals surface area (Å²) >= 11 is 0. The average molecular weight is 235 g/mol. The van der Waals surface area contributed by atoms with Gasteiger partial charge < -0.3 is 10.1 Å². The highest BCUT2D eigenvalue weighted by Crippen LogP contribution is 2.13. The number of nitrogens with one attached hydrogen (secondary N) is 1. The topological polar surface area (TPSA) is 47.0 Å². The summed E-state index contributed by atoms with van der Waals surface area (Å²) in [6.07, 6.45) is 9.63. The smallest absolute Gasteiger partial charge is 0.235 e. The molecule has 1 aromatic heterocycles. The monoisotopic (exact) mass is 235 g/mol. The van der Waals surface area contributed by atoms with Crippen molar-refractivity contribution in [3.05, 3.63) is 18.1 Å². The van der Waals surface area contributed by atoms with E-state index in [1.54, 1.807) is 12.4 Å². The van der Waals surface area contributed by atoms with Crippen molar-refractivity contribution in [3.8, 4) is 5.88 Å². The molecule has 4 nitrogen and oxygen atoms in total. The molecule has 0 radical (unpaired) electrons. The SMILES string of the molecule is Cc1nccnc1OCCCC1CCCCN1. The number of hydrogen-bond donors (Lipinski definition) is 1. The Balaban J connectivity index is 1.64. The molecule has 0 aromatic carbocycles. The molecule has 0 saturated carbocycles. The molecular formula is C13H21N3O. The summed E-state index contributed by atoms with van der Waals surface area (Å²) in [5.41, 5.74) is 0.864. The van der Waals surface area contributed by atoms with Gasteiger partial charge in [-0.25, -0.2) is 4.98 Å². The summed E-state index contributed by atoms with van der Waals surface area (Å²) in [5, 5.41) is 3.55. The predicted molar refractivity (Wildman–Crippen MR) is 67.1 cm³/mol. The van der Waals surface area contributed by atoms with Crippen LogP contribution in [-0.2, 0) is 0 Å². The fourth-order valence-corrected chi connectivity index (χ4v) is 2.21. The molecule has 1 aliphatic rings. The molecule has 0 bridgehead atoms. The van der Waals surface area contributed by atoms with E-state index in [4.69, 9.17) is 4.74 Å². The van der Waals surface area contributed by atoms with Crippen LogP contribution in [0.4, 0.5) is 0 Å². The van der Waals surface area contributed by atoms with E-state index < -0.39 is 0 Å². The first kappa shape index (κ1) is 12.3. The maximum atomic E-state index is 5.63. The highest BCUT2D eigenvalue weighted by molar-refractivity contribution is 5.14. The number of ether oxygens (including phenoxy) is 1. The van der Waals surface area contributed by atoms with Crippen molar-refractivity contribution in [2.45, 2.75) is 45.1 Å². The minimum Gasteiger partial charge on any atom is -0.476 e. The van der Waals surface area contributed by atoms with Crippen molar-refractivity contribution in [1.82, 2.24) is 15.3 Å². The lowest BCUT2D eigenvalue weighted by molar-refractivity contribution is 0.274. The molecule has 2 rings (SSSR count). The third-order valence-corrected chi connectivity index (χ3v) is 3.18. The van der Waals surface area contributed by atoms with Crippen LogP contribution in [0.3, 0.4) is 0 Å². The Morgan fingerprint density at radius 1 is 1.35 bits per heavy atom. The summed E-state index contributed by atoms with van der Waals surface area (Å²) < 4.78 is 5.63. The molecule has 1 aliphatic heterocycles. The van der Waals surface area contributed by atoms with Crippen LogP contribution in [-0.4, -0.2) is 29.2 Å². The van der Waals surface area contributed by atoms with Crippen LogP contribution < -0.4 is 10.1 Å². The van der Waals surface area contributed by atoms with Gasteiger partial charge in [-0.15, -0.1) is 0 Å². The van der Waals surface area contributed by atoms with Crippen molar-refractivity contribution in [3.63, 3.8) is 0 Å². The van der Waals surface area contributed by atoms with E-state index in [2.05, 4.69) is 15.3 Å². The lowest BCUT2D eigenvalue weighted by atomic mass is 10.0. The van der Waals surface area contributed by atoms with Gasteiger partial charge in [-0.3, -0.25) is 4.98 Å². The van der Waals surface area contributed by atoms with Gasteiger partial charge in [0.25, 0.3) is 0 Å². The van der Waals surface area contributed by atoms with Crippen LogP contribution in [0.5, 0.6) is 5.88 Å². The molecule has 1 saturated heterocycles. The van der Waals surface area contributed by atoms with Gasteiger partial charge in [0, 0.05) is 18.4 Å². The first-order chi connectivity index (χ1) is 8.36. The van der Waals surface area contributed by atoms with Crippen LogP contribution in [0.25, 0.3) is 0 Å². The Morgan fingerprint density at radius 2 is 2.24 bits per heavy atom. The number of piperidine rings is 1. The van der Waals surface area contributed by atoms with Gasteiger partial charge in [-0.05, 0) is 39.2 Å². The van der Waals surface area contributed by atoms with Crippen molar-refractivity contribution < 1.29 is 4.74 Å². The van der Waals surface area contributed by atoms with Gasteiger partial charge in [-0.1, -0.05) is 6.42 Å². The zero-order valence-electron chi connectivity index (χ0n) is 10.5. The Bertz CT molecular complexity index is 337. The quantitative estimate of drug-likeness (QED) is 0.794. The zero-order valence-corrected chi connectivity index (χ0v) is 10.5. The van der Waals surface area contributed by atoms with Crippen LogP contribution in [0, 0.1) is 6.92 Å². The largest absolute Gasteiger partial charge is 0.476 e. The van der Waals surface area contributed by atoms with Crippen LogP contribution in [0.1, 0.15) is 37.8 Å². The molecule has 0 aliphatic carbocycles. The minimum absolute atomic E-state index is 0.670. The second kappa shape index (κ2) is 6.55. The highest BCUT2D eigenvalue weighted by Gasteiger charge is 2.11. The molecule has 2 heterocycles. The summed E-state index contributed by atoms with van der Waals surface area (Å²) in [5.74, 6) is 0.670. The summed E-state index contributed by atoms with van der Waals surface area (Å²) in [6, 6.07) is 0.690. The van der Waals surface area contributed by atoms with Crippen LogP contribution in [0.15, 0.2) is 12.4 Å². The van der Waals surface area contributed by atoms with E-state index in [0.29, 0.717) is 11.9 Å². The van der Waals surface area contributed by atoms with Crippen molar-refractivity contribution in [2.24, 2.45) is 0 Å². The molecular weight excluding hydrogens is 214 g/mol. The number of aromatic nitrogens is 2. The molecule has 1 atom stereocenters. The van der Waals surface area contributed by atoms with Crippen LogP contribution in [0.2, 0.25) is 0 Å². The molecule has 1 aromatic rings. The van der Waals surface area contributed by atoms with Crippen LogP contribution >= 0.6 is 0 Å².